The molecule has 2 heterocycles. The van der Waals surface area contributed by atoms with Crippen LogP contribution in [0.3, 0.4) is 0 Å². The van der Waals surface area contributed by atoms with Gasteiger partial charge in [-0.25, -0.2) is 4.98 Å². The van der Waals surface area contributed by atoms with Crippen LogP contribution in [-0.2, 0) is 0 Å². The second kappa shape index (κ2) is 6.65. The molecule has 26 heavy (non-hydrogen) atoms. The van der Waals surface area contributed by atoms with Crippen molar-refractivity contribution in [3.63, 3.8) is 0 Å². The summed E-state index contributed by atoms with van der Waals surface area (Å²) in [5.74, 6) is 1.73. The first-order valence-electron chi connectivity index (χ1n) is 10.0. The third-order valence-corrected chi connectivity index (χ3v) is 6.97. The maximum absolute atomic E-state index is 6.49. The average molecular weight is 378 g/mol. The van der Waals surface area contributed by atoms with Crippen LogP contribution in [0.15, 0.2) is 18.3 Å². The van der Waals surface area contributed by atoms with Gasteiger partial charge in [-0.2, -0.15) is 0 Å². The molecular formula is C21H32ClN3O. The standard InChI is InChI=1S/C12H21N.C9H11ClN2O/c1-10-3-9-4-11(2,6-10)8-12(13,5-9)7-10;10-9-2-1-8(5-12-9)13-6-7-3-4-11-7/h9H,3-8,13H2,1-2H3;1-2,5,7,11H,3-4,6H2/t;7-/m.1/s1. The molecule has 0 amide bonds. The van der Waals surface area contributed by atoms with E-state index in [4.69, 9.17) is 22.1 Å². The molecule has 144 valence electrons. The normalized spacial score (nSPS) is 42.6. The van der Waals surface area contributed by atoms with E-state index in [1.807, 2.05) is 6.07 Å². The summed E-state index contributed by atoms with van der Waals surface area (Å²) in [7, 11) is 0. The Kier molecular flexibility index (Phi) is 4.73. The van der Waals surface area contributed by atoms with Gasteiger partial charge >= 0.3 is 0 Å². The third-order valence-electron chi connectivity index (χ3n) is 6.75. The van der Waals surface area contributed by atoms with Crippen LogP contribution in [0.5, 0.6) is 5.75 Å². The lowest BCUT2D eigenvalue weighted by molar-refractivity contribution is -0.104. The van der Waals surface area contributed by atoms with E-state index in [0.29, 0.717) is 28.6 Å². The van der Waals surface area contributed by atoms with Crippen molar-refractivity contribution in [2.24, 2.45) is 22.5 Å². The highest BCUT2D eigenvalue weighted by Crippen LogP contribution is 2.65. The zero-order valence-electron chi connectivity index (χ0n) is 16.1. The zero-order valence-corrected chi connectivity index (χ0v) is 16.8. The first-order chi connectivity index (χ1) is 12.3. The van der Waals surface area contributed by atoms with Crippen LogP contribution < -0.4 is 15.8 Å². The molecule has 4 nitrogen and oxygen atoms in total. The summed E-state index contributed by atoms with van der Waals surface area (Å²) >= 11 is 5.63. The molecule has 6 rings (SSSR count). The van der Waals surface area contributed by atoms with Gasteiger partial charge in [0.2, 0.25) is 0 Å². The van der Waals surface area contributed by atoms with Crippen LogP contribution in [0.1, 0.15) is 58.8 Å². The molecule has 1 saturated heterocycles. The van der Waals surface area contributed by atoms with Crippen LogP contribution in [0.25, 0.3) is 0 Å². The van der Waals surface area contributed by atoms with Gasteiger partial charge in [0.1, 0.15) is 17.5 Å². The Labute approximate surface area is 162 Å². The second-order valence-electron chi connectivity index (χ2n) is 10.1. The fraction of sp³-hybridized carbons (Fsp3) is 0.762. The van der Waals surface area contributed by atoms with Gasteiger partial charge in [0.15, 0.2) is 0 Å². The first-order valence-corrected chi connectivity index (χ1v) is 10.4. The van der Waals surface area contributed by atoms with Crippen molar-refractivity contribution in [3.8, 4) is 5.75 Å². The highest BCUT2D eigenvalue weighted by Gasteiger charge is 2.58. The molecule has 1 aromatic heterocycles. The molecule has 0 spiro atoms. The lowest BCUT2D eigenvalue weighted by atomic mass is 9.43. The van der Waals surface area contributed by atoms with E-state index in [2.05, 4.69) is 24.1 Å². The molecule has 0 aromatic carbocycles. The Morgan fingerprint density at radius 2 is 1.88 bits per heavy atom. The van der Waals surface area contributed by atoms with Crippen molar-refractivity contribution in [3.05, 3.63) is 23.5 Å². The topological polar surface area (TPSA) is 60.2 Å². The third kappa shape index (κ3) is 4.02. The van der Waals surface area contributed by atoms with E-state index in [1.165, 1.54) is 44.9 Å². The molecule has 5 aliphatic rings. The van der Waals surface area contributed by atoms with Gasteiger partial charge in [-0.15, -0.1) is 0 Å². The van der Waals surface area contributed by atoms with Crippen LogP contribution >= 0.6 is 11.6 Å². The van der Waals surface area contributed by atoms with Crippen LogP contribution in [0.4, 0.5) is 0 Å². The molecule has 0 radical (unpaired) electrons. The van der Waals surface area contributed by atoms with Crippen molar-refractivity contribution in [2.45, 2.75) is 70.4 Å². The molecule has 3 N–H and O–H groups in total. The van der Waals surface area contributed by atoms with Crippen molar-refractivity contribution < 1.29 is 4.74 Å². The molecule has 2 unspecified atom stereocenters. The van der Waals surface area contributed by atoms with E-state index >= 15 is 0 Å². The summed E-state index contributed by atoms with van der Waals surface area (Å²) in [6.45, 7) is 6.75. The highest BCUT2D eigenvalue weighted by molar-refractivity contribution is 6.29. The van der Waals surface area contributed by atoms with Crippen molar-refractivity contribution in [2.75, 3.05) is 13.2 Å². The summed E-state index contributed by atoms with van der Waals surface area (Å²) < 4.78 is 5.48. The predicted molar refractivity (Wildman–Crippen MR) is 105 cm³/mol. The van der Waals surface area contributed by atoms with Crippen molar-refractivity contribution in [1.29, 1.82) is 0 Å². The monoisotopic (exact) mass is 377 g/mol. The number of halogens is 1. The van der Waals surface area contributed by atoms with E-state index in [9.17, 15) is 0 Å². The highest BCUT2D eigenvalue weighted by atomic mass is 35.5. The molecule has 4 saturated carbocycles. The number of nitrogens with two attached hydrogens (primary N) is 1. The smallest absolute Gasteiger partial charge is 0.137 e. The van der Waals surface area contributed by atoms with E-state index in [1.54, 1.807) is 12.3 Å². The lowest BCUT2D eigenvalue weighted by Crippen LogP contribution is -2.62. The average Bonchev–Trinajstić information content (AvgIpc) is 2.43. The molecule has 4 aliphatic carbocycles. The minimum atomic E-state index is 0.225. The number of rotatable bonds is 3. The molecule has 5 heteroatoms. The Morgan fingerprint density at radius 1 is 1.19 bits per heavy atom. The van der Waals surface area contributed by atoms with Crippen molar-refractivity contribution in [1.82, 2.24) is 10.3 Å². The molecule has 3 atom stereocenters. The summed E-state index contributed by atoms with van der Waals surface area (Å²) in [5.41, 5.74) is 7.92. The summed E-state index contributed by atoms with van der Waals surface area (Å²) in [5, 5.41) is 3.75. The SMILES string of the molecule is CC12CC3CC(C)(C1)CC(N)(C3)C2.Clc1ccc(OC[C@H]2CCN2)cn1. The summed E-state index contributed by atoms with van der Waals surface area (Å²) in [6.07, 6.45) is 11.1. The molecular weight excluding hydrogens is 346 g/mol. The van der Waals surface area contributed by atoms with E-state index < -0.39 is 0 Å². The largest absolute Gasteiger partial charge is 0.490 e. The molecule has 4 bridgehead atoms. The molecule has 5 fully saturated rings. The van der Waals surface area contributed by atoms with Gasteiger partial charge in [-0.3, -0.25) is 0 Å². The van der Waals surface area contributed by atoms with Gasteiger partial charge < -0.3 is 15.8 Å². The quantitative estimate of drug-likeness (QED) is 0.776. The number of hydrogen-bond donors (Lipinski definition) is 2. The van der Waals surface area contributed by atoms with Gasteiger partial charge in [0.05, 0.1) is 6.20 Å². The van der Waals surface area contributed by atoms with Gasteiger partial charge in [-0.1, -0.05) is 25.4 Å². The maximum atomic E-state index is 6.49. The van der Waals surface area contributed by atoms with E-state index in [0.717, 1.165) is 18.2 Å². The molecule has 1 aromatic rings. The van der Waals surface area contributed by atoms with Gasteiger partial charge in [-0.05, 0) is 80.4 Å². The van der Waals surface area contributed by atoms with Crippen LogP contribution in [0, 0.1) is 16.7 Å². The Hall–Kier alpha value is -0.840. The summed E-state index contributed by atoms with van der Waals surface area (Å²) in [4.78, 5) is 3.92. The predicted octanol–water partition coefficient (Wildman–Crippen LogP) is 4.17. The fourth-order valence-electron chi connectivity index (χ4n) is 6.67. The Balaban J connectivity index is 0.000000129. The minimum absolute atomic E-state index is 0.225. The number of nitrogens with one attached hydrogen (secondary N) is 1. The number of pyridine rings is 1. The molecule has 1 aliphatic heterocycles. The van der Waals surface area contributed by atoms with Gasteiger partial charge in [0, 0.05) is 11.6 Å². The van der Waals surface area contributed by atoms with Crippen molar-refractivity contribution >= 4 is 11.6 Å². The number of ether oxygens (including phenoxy) is 1. The van der Waals surface area contributed by atoms with E-state index in [-0.39, 0.29) is 5.54 Å². The first kappa shape index (κ1) is 18.5. The van der Waals surface area contributed by atoms with Crippen LogP contribution in [0.2, 0.25) is 5.15 Å². The maximum Gasteiger partial charge on any atom is 0.137 e. The van der Waals surface area contributed by atoms with Gasteiger partial charge in [0.25, 0.3) is 0 Å². The minimum Gasteiger partial charge on any atom is -0.490 e. The zero-order chi connectivity index (χ0) is 18.4. The Morgan fingerprint density at radius 3 is 2.35 bits per heavy atom. The lowest BCUT2D eigenvalue weighted by Gasteiger charge is -2.64. The summed E-state index contributed by atoms with van der Waals surface area (Å²) in [6, 6.07) is 4.06. The number of aromatic nitrogens is 1. The Bertz CT molecular complexity index is 594. The number of hydrogen-bond acceptors (Lipinski definition) is 4. The number of nitrogens with zero attached hydrogens (tertiary/aromatic N) is 1. The second-order valence-corrected chi connectivity index (χ2v) is 10.4. The fourth-order valence-corrected chi connectivity index (χ4v) is 6.78. The van der Waals surface area contributed by atoms with Crippen LogP contribution in [-0.4, -0.2) is 29.7 Å².